The highest BCUT2D eigenvalue weighted by Gasteiger charge is 2.10. The SMILES string of the molecule is COc1ccccc1CCNC(=O)CSc1nncn1C(C)C. The first-order valence-corrected chi connectivity index (χ1v) is 8.51. The van der Waals surface area contributed by atoms with Gasteiger partial charge < -0.3 is 14.6 Å². The normalized spacial score (nSPS) is 10.8. The van der Waals surface area contributed by atoms with Crippen molar-refractivity contribution in [1.82, 2.24) is 20.1 Å². The molecule has 1 N–H and O–H groups in total. The number of para-hydroxylation sites is 1. The Labute approximate surface area is 140 Å². The molecule has 0 spiro atoms. The van der Waals surface area contributed by atoms with E-state index < -0.39 is 0 Å². The Hall–Kier alpha value is -2.02. The number of amides is 1. The van der Waals surface area contributed by atoms with Crippen molar-refractivity contribution in [2.45, 2.75) is 31.5 Å². The fourth-order valence-corrected chi connectivity index (χ4v) is 2.99. The largest absolute Gasteiger partial charge is 0.496 e. The van der Waals surface area contributed by atoms with Crippen molar-refractivity contribution in [3.63, 3.8) is 0 Å². The van der Waals surface area contributed by atoms with E-state index >= 15 is 0 Å². The number of aromatic nitrogens is 3. The summed E-state index contributed by atoms with van der Waals surface area (Å²) in [7, 11) is 1.65. The van der Waals surface area contributed by atoms with Gasteiger partial charge in [-0.2, -0.15) is 0 Å². The highest BCUT2D eigenvalue weighted by Crippen LogP contribution is 2.19. The Morgan fingerprint density at radius 1 is 1.39 bits per heavy atom. The molecule has 0 atom stereocenters. The van der Waals surface area contributed by atoms with Crippen molar-refractivity contribution < 1.29 is 9.53 Å². The van der Waals surface area contributed by atoms with Crippen LogP contribution in [0.15, 0.2) is 35.7 Å². The van der Waals surface area contributed by atoms with E-state index in [2.05, 4.69) is 29.4 Å². The zero-order chi connectivity index (χ0) is 16.7. The van der Waals surface area contributed by atoms with Crippen LogP contribution in [0.25, 0.3) is 0 Å². The monoisotopic (exact) mass is 334 g/mol. The summed E-state index contributed by atoms with van der Waals surface area (Å²) in [5.74, 6) is 1.17. The molecule has 0 saturated carbocycles. The van der Waals surface area contributed by atoms with Gasteiger partial charge in [0.05, 0.1) is 12.9 Å². The first kappa shape index (κ1) is 17.3. The molecule has 1 aromatic carbocycles. The summed E-state index contributed by atoms with van der Waals surface area (Å²) in [5.41, 5.74) is 1.09. The van der Waals surface area contributed by atoms with Gasteiger partial charge in [0.1, 0.15) is 12.1 Å². The van der Waals surface area contributed by atoms with E-state index in [1.807, 2.05) is 28.8 Å². The second-order valence-electron chi connectivity index (χ2n) is 5.32. The number of carbonyl (C=O) groups is 1. The molecule has 6 nitrogen and oxygen atoms in total. The summed E-state index contributed by atoms with van der Waals surface area (Å²) >= 11 is 1.40. The number of rotatable bonds is 8. The fraction of sp³-hybridized carbons (Fsp3) is 0.438. The maximum absolute atomic E-state index is 11.9. The Balaban J connectivity index is 1.76. The number of thioether (sulfide) groups is 1. The molecular formula is C16H22N4O2S. The minimum Gasteiger partial charge on any atom is -0.496 e. The molecule has 1 aromatic heterocycles. The molecule has 0 aliphatic carbocycles. The molecule has 0 radical (unpaired) electrons. The van der Waals surface area contributed by atoms with E-state index in [-0.39, 0.29) is 11.9 Å². The van der Waals surface area contributed by atoms with Crippen LogP contribution in [0.3, 0.4) is 0 Å². The molecule has 2 aromatic rings. The number of benzene rings is 1. The number of nitrogens with zero attached hydrogens (tertiary/aromatic N) is 3. The minimum atomic E-state index is -0.0109. The highest BCUT2D eigenvalue weighted by molar-refractivity contribution is 7.99. The van der Waals surface area contributed by atoms with Crippen molar-refractivity contribution in [3.05, 3.63) is 36.2 Å². The third-order valence-corrected chi connectivity index (χ3v) is 4.30. The second kappa shape index (κ2) is 8.57. The minimum absolute atomic E-state index is 0.0109. The molecule has 0 bridgehead atoms. The predicted octanol–water partition coefficient (Wildman–Crippen LogP) is 2.32. The first-order chi connectivity index (χ1) is 11.1. The van der Waals surface area contributed by atoms with E-state index in [0.29, 0.717) is 12.3 Å². The lowest BCUT2D eigenvalue weighted by Gasteiger charge is -2.10. The van der Waals surface area contributed by atoms with E-state index in [1.165, 1.54) is 11.8 Å². The molecule has 124 valence electrons. The predicted molar refractivity (Wildman–Crippen MR) is 90.8 cm³/mol. The van der Waals surface area contributed by atoms with Crippen LogP contribution >= 0.6 is 11.8 Å². The topological polar surface area (TPSA) is 69.0 Å². The van der Waals surface area contributed by atoms with Crippen molar-refractivity contribution in [1.29, 1.82) is 0 Å². The lowest BCUT2D eigenvalue weighted by Crippen LogP contribution is -2.27. The molecule has 0 unspecified atom stereocenters. The number of ether oxygens (including phenoxy) is 1. The molecular weight excluding hydrogens is 312 g/mol. The van der Waals surface area contributed by atoms with Crippen molar-refractivity contribution >= 4 is 17.7 Å². The van der Waals surface area contributed by atoms with E-state index in [1.54, 1.807) is 13.4 Å². The Kier molecular flexibility index (Phi) is 6.46. The molecule has 0 aliphatic heterocycles. The number of methoxy groups -OCH3 is 1. The number of hydrogen-bond acceptors (Lipinski definition) is 5. The molecule has 0 saturated heterocycles. The van der Waals surface area contributed by atoms with Gasteiger partial charge in [0.15, 0.2) is 5.16 Å². The van der Waals surface area contributed by atoms with Gasteiger partial charge in [-0.25, -0.2) is 0 Å². The van der Waals surface area contributed by atoms with Crippen molar-refractivity contribution in [2.75, 3.05) is 19.4 Å². The molecule has 0 aliphatic rings. The zero-order valence-electron chi connectivity index (χ0n) is 13.7. The van der Waals surface area contributed by atoms with Crippen molar-refractivity contribution in [2.24, 2.45) is 0 Å². The van der Waals surface area contributed by atoms with Crippen molar-refractivity contribution in [3.8, 4) is 5.75 Å². The maximum atomic E-state index is 11.9. The Bertz CT molecular complexity index is 643. The van der Waals surface area contributed by atoms with Gasteiger partial charge in [-0.3, -0.25) is 4.79 Å². The fourth-order valence-electron chi connectivity index (χ4n) is 2.12. The van der Waals surface area contributed by atoms with Crippen LogP contribution in [0, 0.1) is 0 Å². The Morgan fingerprint density at radius 3 is 2.91 bits per heavy atom. The van der Waals surface area contributed by atoms with Gasteiger partial charge in [0.2, 0.25) is 5.91 Å². The standard InChI is InChI=1S/C16H22N4O2S/c1-12(2)20-11-18-19-16(20)23-10-15(21)17-9-8-13-6-4-5-7-14(13)22-3/h4-7,11-12H,8-10H2,1-3H3,(H,17,21). The third-order valence-electron chi connectivity index (χ3n) is 3.34. The van der Waals surface area contributed by atoms with Gasteiger partial charge in [-0.15, -0.1) is 10.2 Å². The molecule has 7 heteroatoms. The van der Waals surface area contributed by atoms with Crippen LogP contribution in [-0.2, 0) is 11.2 Å². The van der Waals surface area contributed by atoms with Gasteiger partial charge in [0.25, 0.3) is 0 Å². The van der Waals surface area contributed by atoms with Crippen LogP contribution in [0.2, 0.25) is 0 Å². The second-order valence-corrected chi connectivity index (χ2v) is 6.26. The maximum Gasteiger partial charge on any atom is 0.230 e. The summed E-state index contributed by atoms with van der Waals surface area (Å²) in [6.07, 6.45) is 2.43. The number of nitrogens with one attached hydrogen (secondary N) is 1. The summed E-state index contributed by atoms with van der Waals surface area (Å²) in [6, 6.07) is 8.11. The van der Waals surface area contributed by atoms with Gasteiger partial charge in [-0.05, 0) is 31.9 Å². The first-order valence-electron chi connectivity index (χ1n) is 7.52. The molecule has 1 heterocycles. The lowest BCUT2D eigenvalue weighted by atomic mass is 10.1. The van der Waals surface area contributed by atoms with Crippen LogP contribution in [0.4, 0.5) is 0 Å². The number of carbonyl (C=O) groups excluding carboxylic acids is 1. The zero-order valence-corrected chi connectivity index (χ0v) is 14.5. The van der Waals surface area contributed by atoms with Crippen LogP contribution in [0.5, 0.6) is 5.75 Å². The highest BCUT2D eigenvalue weighted by atomic mass is 32.2. The summed E-state index contributed by atoms with van der Waals surface area (Å²) in [5, 5.41) is 11.6. The average molecular weight is 334 g/mol. The van der Waals surface area contributed by atoms with Gasteiger partial charge in [-0.1, -0.05) is 30.0 Å². The summed E-state index contributed by atoms with van der Waals surface area (Å²) < 4.78 is 7.25. The van der Waals surface area contributed by atoms with E-state index in [0.717, 1.165) is 22.9 Å². The lowest BCUT2D eigenvalue weighted by molar-refractivity contribution is -0.118. The molecule has 2 rings (SSSR count). The van der Waals surface area contributed by atoms with Crippen LogP contribution in [0.1, 0.15) is 25.5 Å². The van der Waals surface area contributed by atoms with Gasteiger partial charge in [0, 0.05) is 12.6 Å². The quantitative estimate of drug-likeness (QED) is 0.750. The van der Waals surface area contributed by atoms with E-state index in [9.17, 15) is 4.79 Å². The van der Waals surface area contributed by atoms with Crippen LogP contribution in [-0.4, -0.2) is 40.1 Å². The van der Waals surface area contributed by atoms with Crippen LogP contribution < -0.4 is 10.1 Å². The molecule has 1 amide bonds. The molecule has 0 fully saturated rings. The summed E-state index contributed by atoms with van der Waals surface area (Å²) in [6.45, 7) is 4.69. The van der Waals surface area contributed by atoms with Gasteiger partial charge >= 0.3 is 0 Å². The smallest absolute Gasteiger partial charge is 0.230 e. The number of hydrogen-bond donors (Lipinski definition) is 1. The summed E-state index contributed by atoms with van der Waals surface area (Å²) in [4.78, 5) is 11.9. The average Bonchev–Trinajstić information content (AvgIpc) is 3.02. The third kappa shape index (κ3) is 4.99. The molecule has 23 heavy (non-hydrogen) atoms. The van der Waals surface area contributed by atoms with E-state index in [4.69, 9.17) is 4.74 Å². The Morgan fingerprint density at radius 2 is 2.17 bits per heavy atom.